The van der Waals surface area contributed by atoms with Gasteiger partial charge in [0.1, 0.15) is 5.75 Å². The van der Waals surface area contributed by atoms with E-state index >= 15 is 0 Å². The first kappa shape index (κ1) is 22.6. The van der Waals surface area contributed by atoms with Gasteiger partial charge in [0.15, 0.2) is 0 Å². The van der Waals surface area contributed by atoms with Gasteiger partial charge in [-0.2, -0.15) is 0 Å². The van der Waals surface area contributed by atoms with Gasteiger partial charge in [-0.25, -0.2) is 0 Å². The summed E-state index contributed by atoms with van der Waals surface area (Å²) in [5, 5.41) is 7.93. The van der Waals surface area contributed by atoms with Crippen LogP contribution in [-0.4, -0.2) is 31.4 Å². The minimum Gasteiger partial charge on any atom is -0.496 e. The van der Waals surface area contributed by atoms with E-state index < -0.39 is 11.8 Å². The number of ether oxygens (including phenoxy) is 1. The van der Waals surface area contributed by atoms with Crippen LogP contribution in [0.4, 0.5) is 5.69 Å². The Bertz CT molecular complexity index is 1080. The van der Waals surface area contributed by atoms with Gasteiger partial charge in [0.25, 0.3) is 5.91 Å². The fourth-order valence-electron chi connectivity index (χ4n) is 3.13. The van der Waals surface area contributed by atoms with Gasteiger partial charge in [-0.15, -0.1) is 0 Å². The molecule has 0 bridgehead atoms. The fraction of sp³-hybridized carbons (Fsp3) is 0.160. The van der Waals surface area contributed by atoms with Crippen LogP contribution >= 0.6 is 0 Å². The van der Waals surface area contributed by atoms with Crippen molar-refractivity contribution >= 4 is 23.4 Å². The van der Waals surface area contributed by atoms with Crippen molar-refractivity contribution in [1.29, 1.82) is 0 Å². The molecule has 32 heavy (non-hydrogen) atoms. The van der Waals surface area contributed by atoms with Crippen molar-refractivity contribution in [3.05, 3.63) is 95.6 Å². The number of carbonyl (C=O) groups excluding carboxylic acids is 3. The van der Waals surface area contributed by atoms with Crippen LogP contribution in [0.2, 0.25) is 0 Å². The highest BCUT2D eigenvalue weighted by Gasteiger charge is 2.18. The Kier molecular flexibility index (Phi) is 7.97. The van der Waals surface area contributed by atoms with Gasteiger partial charge < -0.3 is 20.7 Å². The quantitative estimate of drug-likeness (QED) is 0.478. The first-order valence-electron chi connectivity index (χ1n) is 10.2. The molecule has 0 aliphatic rings. The minimum atomic E-state index is -0.831. The summed E-state index contributed by atoms with van der Waals surface area (Å²) in [5.41, 5.74) is 2.40. The summed E-state index contributed by atoms with van der Waals surface area (Å²) < 4.78 is 5.29. The molecular formula is C25H25N3O4. The number of hydrogen-bond acceptors (Lipinski definition) is 4. The molecule has 0 unspecified atom stereocenters. The molecule has 0 saturated heterocycles. The largest absolute Gasteiger partial charge is 0.496 e. The molecule has 164 valence electrons. The van der Waals surface area contributed by atoms with Crippen molar-refractivity contribution in [3.8, 4) is 5.75 Å². The lowest BCUT2D eigenvalue weighted by atomic mass is 10.1. The summed E-state index contributed by atoms with van der Waals surface area (Å²) in [6.45, 7) is 0.586. The van der Waals surface area contributed by atoms with Crippen molar-refractivity contribution < 1.29 is 19.1 Å². The van der Waals surface area contributed by atoms with Gasteiger partial charge >= 0.3 is 11.8 Å². The molecule has 0 saturated carbocycles. The van der Waals surface area contributed by atoms with Crippen LogP contribution < -0.4 is 20.7 Å². The second-order valence-electron chi connectivity index (χ2n) is 6.99. The average molecular weight is 431 g/mol. The lowest BCUT2D eigenvalue weighted by Gasteiger charge is -2.13. The molecule has 0 aromatic heterocycles. The molecule has 0 heterocycles. The predicted molar refractivity (Wildman–Crippen MR) is 122 cm³/mol. The van der Waals surface area contributed by atoms with Crippen LogP contribution in [0.1, 0.15) is 21.5 Å². The standard InChI is InChI=1S/C25H25N3O4/c1-32-22-14-8-5-11-19(22)17-27-23(29)20-12-6-7-13-21(20)28-25(31)24(30)26-16-15-18-9-3-2-4-10-18/h2-14H,15-17H2,1H3,(H,26,30)(H,27,29)(H,28,31). The molecule has 0 spiro atoms. The van der Waals surface area contributed by atoms with Crippen LogP contribution in [0.25, 0.3) is 0 Å². The van der Waals surface area contributed by atoms with E-state index in [1.807, 2.05) is 54.6 Å². The summed E-state index contributed by atoms with van der Waals surface area (Å²) >= 11 is 0. The maximum atomic E-state index is 12.7. The van der Waals surface area contributed by atoms with Crippen LogP contribution in [-0.2, 0) is 22.6 Å². The first-order valence-corrected chi connectivity index (χ1v) is 10.2. The van der Waals surface area contributed by atoms with E-state index in [-0.39, 0.29) is 23.7 Å². The van der Waals surface area contributed by atoms with E-state index in [0.717, 1.165) is 11.1 Å². The highest BCUT2D eigenvalue weighted by Crippen LogP contribution is 2.18. The SMILES string of the molecule is COc1ccccc1CNC(=O)c1ccccc1NC(=O)C(=O)NCCc1ccccc1. The normalized spacial score (nSPS) is 10.2. The van der Waals surface area contributed by atoms with E-state index in [4.69, 9.17) is 4.74 Å². The molecule has 0 atom stereocenters. The maximum absolute atomic E-state index is 12.7. The highest BCUT2D eigenvalue weighted by molar-refractivity contribution is 6.40. The molecule has 3 aromatic carbocycles. The maximum Gasteiger partial charge on any atom is 0.313 e. The Morgan fingerprint density at radius 1 is 0.781 bits per heavy atom. The van der Waals surface area contributed by atoms with Crippen LogP contribution in [0.5, 0.6) is 5.75 Å². The zero-order valence-corrected chi connectivity index (χ0v) is 17.8. The van der Waals surface area contributed by atoms with Gasteiger partial charge in [0.05, 0.1) is 18.4 Å². The fourth-order valence-corrected chi connectivity index (χ4v) is 3.13. The van der Waals surface area contributed by atoms with Crippen LogP contribution in [0, 0.1) is 0 Å². The number of benzene rings is 3. The Hall–Kier alpha value is -4.13. The summed E-state index contributed by atoms with van der Waals surface area (Å²) in [6.07, 6.45) is 0.613. The number of anilines is 1. The average Bonchev–Trinajstić information content (AvgIpc) is 2.83. The molecule has 3 rings (SSSR count). The van der Waals surface area contributed by atoms with Gasteiger partial charge in [0, 0.05) is 18.7 Å². The summed E-state index contributed by atoms with van der Waals surface area (Å²) in [5.74, 6) is -1.30. The Morgan fingerprint density at radius 3 is 2.25 bits per heavy atom. The monoisotopic (exact) mass is 431 g/mol. The first-order chi connectivity index (χ1) is 15.6. The van der Waals surface area contributed by atoms with E-state index in [2.05, 4.69) is 16.0 Å². The third-order valence-electron chi connectivity index (χ3n) is 4.80. The number of methoxy groups -OCH3 is 1. The Morgan fingerprint density at radius 2 is 1.47 bits per heavy atom. The van der Waals surface area contributed by atoms with Crippen molar-refractivity contribution in [2.45, 2.75) is 13.0 Å². The van der Waals surface area contributed by atoms with Crippen LogP contribution in [0.3, 0.4) is 0 Å². The topological polar surface area (TPSA) is 96.5 Å². The summed E-state index contributed by atoms with van der Waals surface area (Å²) in [7, 11) is 1.57. The van der Waals surface area contributed by atoms with Gasteiger partial charge in [-0.3, -0.25) is 14.4 Å². The van der Waals surface area contributed by atoms with Crippen LogP contribution in [0.15, 0.2) is 78.9 Å². The molecule has 0 aliphatic heterocycles. The number of rotatable bonds is 8. The number of hydrogen-bond donors (Lipinski definition) is 3. The third kappa shape index (κ3) is 6.18. The Labute approximate surface area is 186 Å². The number of amides is 3. The number of carbonyl (C=O) groups is 3. The van der Waals surface area contributed by atoms with E-state index in [1.165, 1.54) is 0 Å². The number of nitrogens with one attached hydrogen (secondary N) is 3. The second kappa shape index (κ2) is 11.3. The van der Waals surface area contributed by atoms with Gasteiger partial charge in [-0.05, 0) is 30.2 Å². The van der Waals surface area contributed by atoms with Crippen molar-refractivity contribution in [2.75, 3.05) is 19.0 Å². The van der Waals surface area contributed by atoms with Crippen molar-refractivity contribution in [3.63, 3.8) is 0 Å². The smallest absolute Gasteiger partial charge is 0.313 e. The predicted octanol–water partition coefficient (Wildman–Crippen LogP) is 2.92. The molecule has 0 fully saturated rings. The number of para-hydroxylation sites is 2. The lowest BCUT2D eigenvalue weighted by molar-refractivity contribution is -0.136. The molecular weight excluding hydrogens is 406 g/mol. The highest BCUT2D eigenvalue weighted by atomic mass is 16.5. The molecule has 3 aromatic rings. The molecule has 3 amide bonds. The zero-order valence-electron chi connectivity index (χ0n) is 17.8. The molecule has 0 radical (unpaired) electrons. The zero-order chi connectivity index (χ0) is 22.8. The van der Waals surface area contributed by atoms with Crippen molar-refractivity contribution in [2.24, 2.45) is 0 Å². The molecule has 7 heteroatoms. The van der Waals surface area contributed by atoms with Crippen molar-refractivity contribution in [1.82, 2.24) is 10.6 Å². The second-order valence-corrected chi connectivity index (χ2v) is 6.99. The van der Waals surface area contributed by atoms with Gasteiger partial charge in [0.2, 0.25) is 0 Å². The van der Waals surface area contributed by atoms with Gasteiger partial charge in [-0.1, -0.05) is 60.7 Å². The third-order valence-corrected chi connectivity index (χ3v) is 4.80. The van der Waals surface area contributed by atoms with E-state index in [9.17, 15) is 14.4 Å². The van der Waals surface area contributed by atoms with E-state index in [0.29, 0.717) is 18.7 Å². The van der Waals surface area contributed by atoms with E-state index in [1.54, 1.807) is 31.4 Å². The summed E-state index contributed by atoms with van der Waals surface area (Å²) in [4.78, 5) is 37.2. The minimum absolute atomic E-state index is 0.255. The summed E-state index contributed by atoms with van der Waals surface area (Å²) in [6, 6.07) is 23.5. The lowest BCUT2D eigenvalue weighted by Crippen LogP contribution is -2.37. The molecule has 3 N–H and O–H groups in total. The molecule has 7 nitrogen and oxygen atoms in total. The Balaban J connectivity index is 1.57. The molecule has 0 aliphatic carbocycles.